The maximum atomic E-state index is 11.2. The molecule has 1 radical (unpaired) electrons. The van der Waals surface area contributed by atoms with Gasteiger partial charge in [-0.15, -0.1) is 0 Å². The molecule has 0 aliphatic carbocycles. The Bertz CT molecular complexity index is 604. The molecule has 0 aliphatic rings. The maximum Gasteiger partial charge on any atom is 0.309 e. The Balaban J connectivity index is 1.89. The van der Waals surface area contributed by atoms with Crippen LogP contribution in [-0.4, -0.2) is 25.3 Å². The normalized spacial score (nSPS) is 11.7. The molecular formula is C17H19BNO4. The van der Waals surface area contributed by atoms with Gasteiger partial charge in [0, 0.05) is 0 Å². The summed E-state index contributed by atoms with van der Waals surface area (Å²) >= 11 is 0. The van der Waals surface area contributed by atoms with Crippen molar-refractivity contribution in [1.29, 1.82) is 0 Å². The smallest absolute Gasteiger partial charge is 0.309 e. The second-order valence-corrected chi connectivity index (χ2v) is 5.04. The highest BCUT2D eigenvalue weighted by Gasteiger charge is 2.20. The number of carboxylic acid groups (broad SMARTS) is 1. The van der Waals surface area contributed by atoms with Gasteiger partial charge in [0.1, 0.15) is 12.4 Å². The predicted octanol–water partition coefficient (Wildman–Crippen LogP) is 2.23. The van der Waals surface area contributed by atoms with Gasteiger partial charge >= 0.3 is 13.5 Å². The molecule has 119 valence electrons. The molecule has 2 aromatic rings. The van der Waals surface area contributed by atoms with Crippen LogP contribution >= 0.6 is 0 Å². The average molecular weight is 312 g/mol. The van der Waals surface area contributed by atoms with Crippen molar-refractivity contribution in [3.63, 3.8) is 0 Å². The first-order valence-electron chi connectivity index (χ1n) is 7.32. The van der Waals surface area contributed by atoms with Crippen LogP contribution in [-0.2, 0) is 22.5 Å². The molecule has 0 amide bonds. The second-order valence-electron chi connectivity index (χ2n) is 5.04. The Kier molecular flexibility index (Phi) is 6.65. The number of hydrogen-bond donors (Lipinski definition) is 2. The number of nitrogens with two attached hydrogens (primary N) is 1. The summed E-state index contributed by atoms with van der Waals surface area (Å²) in [6, 6.07) is 17.3. The van der Waals surface area contributed by atoms with Gasteiger partial charge < -0.3 is 20.2 Å². The lowest BCUT2D eigenvalue weighted by Crippen LogP contribution is -2.21. The van der Waals surface area contributed by atoms with Gasteiger partial charge in [0.15, 0.2) is 0 Å². The first kappa shape index (κ1) is 17.1. The van der Waals surface area contributed by atoms with E-state index in [4.69, 9.17) is 20.2 Å². The van der Waals surface area contributed by atoms with E-state index in [2.05, 4.69) is 0 Å². The summed E-state index contributed by atoms with van der Waals surface area (Å²) in [4.78, 5) is 11.2. The van der Waals surface area contributed by atoms with Crippen LogP contribution in [0.2, 0.25) is 5.82 Å². The Morgan fingerprint density at radius 3 is 2.39 bits per heavy atom. The van der Waals surface area contributed by atoms with Crippen molar-refractivity contribution in [2.75, 3.05) is 6.73 Å². The summed E-state index contributed by atoms with van der Waals surface area (Å²) in [5, 5.41) is 9.15. The van der Waals surface area contributed by atoms with Gasteiger partial charge in [-0.1, -0.05) is 42.5 Å². The van der Waals surface area contributed by atoms with E-state index in [0.29, 0.717) is 13.0 Å². The van der Waals surface area contributed by atoms with Crippen molar-refractivity contribution in [3.05, 3.63) is 65.7 Å². The molecule has 3 N–H and O–H groups in total. The minimum Gasteiger partial charge on any atom is -0.489 e. The van der Waals surface area contributed by atoms with E-state index in [1.54, 1.807) is 0 Å². The zero-order chi connectivity index (χ0) is 16.5. The summed E-state index contributed by atoms with van der Waals surface area (Å²) in [6.07, 6.45) is 0.342. The van der Waals surface area contributed by atoms with E-state index in [0.717, 1.165) is 16.9 Å². The summed E-state index contributed by atoms with van der Waals surface area (Å²) in [5.41, 5.74) is 7.19. The Hall–Kier alpha value is -2.31. The van der Waals surface area contributed by atoms with E-state index in [-0.39, 0.29) is 6.73 Å². The van der Waals surface area contributed by atoms with Crippen molar-refractivity contribution < 1.29 is 19.3 Å². The number of ether oxygens (including phenoxy) is 1. The van der Waals surface area contributed by atoms with Crippen molar-refractivity contribution in [1.82, 2.24) is 0 Å². The van der Waals surface area contributed by atoms with Crippen molar-refractivity contribution in [2.24, 2.45) is 5.73 Å². The number of aliphatic carboxylic acids is 1. The minimum absolute atomic E-state index is 0.0317. The molecule has 0 bridgehead atoms. The molecule has 0 saturated heterocycles. The molecule has 0 spiro atoms. The maximum absolute atomic E-state index is 11.2. The third-order valence-corrected chi connectivity index (χ3v) is 3.30. The lowest BCUT2D eigenvalue weighted by atomic mass is 9.76. The molecular weight excluding hydrogens is 293 g/mol. The number of hydrogen-bond acceptors (Lipinski definition) is 4. The van der Waals surface area contributed by atoms with E-state index >= 15 is 0 Å². The first-order valence-corrected chi connectivity index (χ1v) is 7.32. The lowest BCUT2D eigenvalue weighted by Gasteiger charge is -2.11. The fraction of sp³-hybridized carbons (Fsp3) is 0.235. The molecule has 2 rings (SSSR count). The third-order valence-electron chi connectivity index (χ3n) is 3.30. The fourth-order valence-electron chi connectivity index (χ4n) is 2.08. The number of rotatable bonds is 9. The van der Waals surface area contributed by atoms with E-state index in [1.165, 1.54) is 7.48 Å². The molecule has 0 saturated carbocycles. The first-order chi connectivity index (χ1) is 11.2. The second kappa shape index (κ2) is 8.97. The average Bonchev–Trinajstić information content (AvgIpc) is 2.58. The van der Waals surface area contributed by atoms with Gasteiger partial charge in [-0.05, 0) is 29.7 Å². The summed E-state index contributed by atoms with van der Waals surface area (Å²) in [6.45, 7) is 0.464. The number of carboxylic acids is 1. The van der Waals surface area contributed by atoms with Crippen molar-refractivity contribution >= 4 is 13.5 Å². The molecule has 5 nitrogen and oxygen atoms in total. The van der Waals surface area contributed by atoms with E-state index < -0.39 is 11.8 Å². The topological polar surface area (TPSA) is 81.8 Å². The van der Waals surface area contributed by atoms with Crippen LogP contribution in [0.1, 0.15) is 11.1 Å². The van der Waals surface area contributed by atoms with Crippen molar-refractivity contribution in [2.45, 2.75) is 18.8 Å². The van der Waals surface area contributed by atoms with Crippen LogP contribution in [0.5, 0.6) is 5.75 Å². The monoisotopic (exact) mass is 312 g/mol. The molecule has 0 aromatic heterocycles. The molecule has 6 heteroatoms. The summed E-state index contributed by atoms with van der Waals surface area (Å²) in [5.74, 6) is -0.927. The van der Waals surface area contributed by atoms with Crippen LogP contribution in [0.3, 0.4) is 0 Å². The molecule has 0 aliphatic heterocycles. The largest absolute Gasteiger partial charge is 0.489 e. The molecule has 2 aromatic carbocycles. The Morgan fingerprint density at radius 1 is 1.09 bits per heavy atom. The van der Waals surface area contributed by atoms with Crippen molar-refractivity contribution in [3.8, 4) is 5.75 Å². The molecule has 1 unspecified atom stereocenters. The van der Waals surface area contributed by atoms with Gasteiger partial charge in [0.25, 0.3) is 0 Å². The third kappa shape index (κ3) is 5.77. The van der Waals surface area contributed by atoms with Crippen LogP contribution in [0.15, 0.2) is 54.6 Å². The Labute approximate surface area is 136 Å². The molecule has 1 atom stereocenters. The minimum atomic E-state index is -0.942. The van der Waals surface area contributed by atoms with Crippen LogP contribution in [0.25, 0.3) is 0 Å². The van der Waals surface area contributed by atoms with Crippen LogP contribution < -0.4 is 10.5 Å². The van der Waals surface area contributed by atoms with E-state index in [1.807, 2.05) is 54.6 Å². The highest BCUT2D eigenvalue weighted by Crippen LogP contribution is 2.18. The lowest BCUT2D eigenvalue weighted by molar-refractivity contribution is -0.137. The zero-order valence-electron chi connectivity index (χ0n) is 12.7. The summed E-state index contributed by atoms with van der Waals surface area (Å²) < 4.78 is 10.6. The van der Waals surface area contributed by atoms with Gasteiger partial charge in [0.05, 0.1) is 12.5 Å². The predicted molar refractivity (Wildman–Crippen MR) is 88.2 cm³/mol. The van der Waals surface area contributed by atoms with Gasteiger partial charge in [-0.3, -0.25) is 4.79 Å². The number of benzene rings is 2. The number of carbonyl (C=O) groups is 1. The standard InChI is InChI=1S/C17H19BNO4/c19-12-23-18-16(17(20)21)10-13-6-8-15(9-7-13)22-11-14-4-2-1-3-5-14/h1-9,16H,10-12,19H2,(H,20,21). The van der Waals surface area contributed by atoms with Crippen LogP contribution in [0.4, 0.5) is 0 Å². The zero-order valence-corrected chi connectivity index (χ0v) is 12.7. The van der Waals surface area contributed by atoms with E-state index in [9.17, 15) is 4.79 Å². The summed E-state index contributed by atoms with van der Waals surface area (Å²) in [7, 11) is 1.27. The fourth-order valence-corrected chi connectivity index (χ4v) is 2.08. The van der Waals surface area contributed by atoms with Gasteiger partial charge in [-0.25, -0.2) is 0 Å². The molecule has 0 heterocycles. The highest BCUT2D eigenvalue weighted by molar-refractivity contribution is 6.36. The van der Waals surface area contributed by atoms with Gasteiger partial charge in [-0.2, -0.15) is 0 Å². The van der Waals surface area contributed by atoms with Gasteiger partial charge in [0.2, 0.25) is 0 Å². The van der Waals surface area contributed by atoms with Crippen LogP contribution in [0, 0.1) is 0 Å². The molecule has 23 heavy (non-hydrogen) atoms. The SMILES string of the molecule is NCO[B]C(Cc1ccc(OCc2ccccc2)cc1)C(=O)O. The quantitative estimate of drug-likeness (QED) is 0.548. The molecule has 0 fully saturated rings. The highest BCUT2D eigenvalue weighted by atomic mass is 16.5. The Morgan fingerprint density at radius 2 is 1.78 bits per heavy atom.